The van der Waals surface area contributed by atoms with Crippen molar-refractivity contribution in [3.8, 4) is 5.75 Å². The number of nitrogens with one attached hydrogen (secondary N) is 1. The minimum atomic E-state index is -0.0264. The van der Waals surface area contributed by atoms with Gasteiger partial charge in [0.15, 0.2) is 11.5 Å². The van der Waals surface area contributed by atoms with Crippen molar-refractivity contribution in [1.82, 2.24) is 0 Å². The summed E-state index contributed by atoms with van der Waals surface area (Å²) in [6.45, 7) is 7.98. The van der Waals surface area contributed by atoms with Crippen LogP contribution in [0.4, 0.5) is 10.7 Å². The molecule has 1 rings (SSSR count). The summed E-state index contributed by atoms with van der Waals surface area (Å²) in [5.74, 6) is 1.06. The van der Waals surface area contributed by atoms with E-state index in [0.29, 0.717) is 28.3 Å². The van der Waals surface area contributed by atoms with Gasteiger partial charge in [0.1, 0.15) is 5.00 Å². The van der Waals surface area contributed by atoms with Crippen LogP contribution in [-0.2, 0) is 0 Å². The third-order valence-corrected chi connectivity index (χ3v) is 4.20. The Kier molecular flexibility index (Phi) is 5.02. The summed E-state index contributed by atoms with van der Waals surface area (Å²) in [5, 5.41) is 4.27. The standard InChI is InChI=1S/C13H22N2O2S/c1-6-9(7(2)3)15-13-11(17-5)10(14)12(18-13)8(4)16/h7,9,15H,6,14H2,1-5H3. The Bertz CT molecular complexity index is 427. The molecule has 0 saturated heterocycles. The molecule has 0 fully saturated rings. The fourth-order valence-electron chi connectivity index (χ4n) is 1.90. The lowest BCUT2D eigenvalue weighted by atomic mass is 10.0. The topological polar surface area (TPSA) is 64.4 Å². The fraction of sp³-hybridized carbons (Fsp3) is 0.615. The Labute approximate surface area is 113 Å². The molecule has 0 saturated carbocycles. The predicted molar refractivity (Wildman–Crippen MR) is 77.8 cm³/mol. The van der Waals surface area contributed by atoms with Crippen molar-refractivity contribution < 1.29 is 9.53 Å². The van der Waals surface area contributed by atoms with Gasteiger partial charge in [0.05, 0.1) is 17.7 Å². The monoisotopic (exact) mass is 270 g/mol. The first-order valence-electron chi connectivity index (χ1n) is 6.16. The molecule has 4 nitrogen and oxygen atoms in total. The molecule has 0 bridgehead atoms. The molecule has 1 heterocycles. The Hall–Kier alpha value is -1.23. The van der Waals surface area contributed by atoms with Crippen molar-refractivity contribution in [3.05, 3.63) is 4.88 Å². The number of carbonyl (C=O) groups excluding carboxylic acids is 1. The van der Waals surface area contributed by atoms with Crippen molar-refractivity contribution in [2.75, 3.05) is 18.2 Å². The first-order chi connectivity index (χ1) is 8.42. The van der Waals surface area contributed by atoms with Crippen molar-refractivity contribution in [2.24, 2.45) is 5.92 Å². The average molecular weight is 270 g/mol. The summed E-state index contributed by atoms with van der Waals surface area (Å²) in [5.41, 5.74) is 6.37. The van der Waals surface area contributed by atoms with Gasteiger partial charge in [-0.3, -0.25) is 4.79 Å². The normalized spacial score (nSPS) is 12.6. The van der Waals surface area contributed by atoms with E-state index >= 15 is 0 Å². The summed E-state index contributed by atoms with van der Waals surface area (Å²) in [6.07, 6.45) is 1.01. The molecule has 0 radical (unpaired) electrons. The Morgan fingerprint density at radius 2 is 2.11 bits per heavy atom. The zero-order chi connectivity index (χ0) is 13.9. The van der Waals surface area contributed by atoms with E-state index in [1.165, 1.54) is 18.3 Å². The number of ketones is 1. The van der Waals surface area contributed by atoms with Crippen LogP contribution in [-0.4, -0.2) is 18.9 Å². The van der Waals surface area contributed by atoms with Gasteiger partial charge in [0, 0.05) is 13.0 Å². The molecule has 0 aliphatic rings. The highest BCUT2D eigenvalue weighted by atomic mass is 32.1. The lowest BCUT2D eigenvalue weighted by Crippen LogP contribution is -2.24. The van der Waals surface area contributed by atoms with Crippen molar-refractivity contribution in [2.45, 2.75) is 40.2 Å². The zero-order valence-electron chi connectivity index (χ0n) is 11.7. The maximum Gasteiger partial charge on any atom is 0.176 e. The van der Waals surface area contributed by atoms with Gasteiger partial charge >= 0.3 is 0 Å². The Balaban J connectivity index is 3.08. The summed E-state index contributed by atoms with van der Waals surface area (Å²) in [7, 11) is 1.57. The Morgan fingerprint density at radius 3 is 2.50 bits per heavy atom. The molecule has 1 unspecified atom stereocenters. The zero-order valence-corrected chi connectivity index (χ0v) is 12.5. The number of ether oxygens (including phenoxy) is 1. The number of carbonyl (C=O) groups is 1. The molecular formula is C13H22N2O2S. The molecule has 1 aromatic heterocycles. The van der Waals surface area contributed by atoms with Gasteiger partial charge < -0.3 is 15.8 Å². The van der Waals surface area contributed by atoms with E-state index in [1.54, 1.807) is 7.11 Å². The summed E-state index contributed by atoms with van der Waals surface area (Å²) in [6, 6.07) is 0.344. The van der Waals surface area contributed by atoms with Crippen LogP contribution in [0.3, 0.4) is 0 Å². The highest BCUT2D eigenvalue weighted by Gasteiger charge is 2.22. The predicted octanol–water partition coefficient (Wildman–Crippen LogP) is 3.39. The molecule has 1 atom stereocenters. The van der Waals surface area contributed by atoms with E-state index in [4.69, 9.17) is 10.5 Å². The third-order valence-electron chi connectivity index (χ3n) is 2.98. The van der Waals surface area contributed by atoms with Crippen LogP contribution >= 0.6 is 11.3 Å². The van der Waals surface area contributed by atoms with Crippen LogP contribution in [0.2, 0.25) is 0 Å². The number of thiophene rings is 1. The van der Waals surface area contributed by atoms with E-state index in [1.807, 2.05) is 0 Å². The highest BCUT2D eigenvalue weighted by molar-refractivity contribution is 7.19. The van der Waals surface area contributed by atoms with Crippen molar-refractivity contribution in [3.63, 3.8) is 0 Å². The van der Waals surface area contributed by atoms with E-state index in [2.05, 4.69) is 26.1 Å². The fourth-order valence-corrected chi connectivity index (χ4v) is 2.94. The quantitative estimate of drug-likeness (QED) is 0.778. The second-order valence-electron chi connectivity index (χ2n) is 4.67. The lowest BCUT2D eigenvalue weighted by molar-refractivity contribution is 0.102. The molecule has 102 valence electrons. The second kappa shape index (κ2) is 6.09. The minimum absolute atomic E-state index is 0.0264. The van der Waals surface area contributed by atoms with Crippen molar-refractivity contribution in [1.29, 1.82) is 0 Å². The number of methoxy groups -OCH3 is 1. The van der Waals surface area contributed by atoms with Crippen LogP contribution in [0.5, 0.6) is 5.75 Å². The molecule has 0 aliphatic heterocycles. The number of nitrogens with two attached hydrogens (primary N) is 1. The number of hydrogen-bond donors (Lipinski definition) is 2. The van der Waals surface area contributed by atoms with E-state index in [0.717, 1.165) is 11.4 Å². The van der Waals surface area contributed by atoms with E-state index in [9.17, 15) is 4.79 Å². The van der Waals surface area contributed by atoms with Gasteiger partial charge in [-0.15, -0.1) is 11.3 Å². The Morgan fingerprint density at radius 1 is 1.50 bits per heavy atom. The molecule has 0 amide bonds. The second-order valence-corrected chi connectivity index (χ2v) is 5.69. The van der Waals surface area contributed by atoms with Crippen molar-refractivity contribution >= 4 is 27.8 Å². The smallest absolute Gasteiger partial charge is 0.176 e. The summed E-state index contributed by atoms with van der Waals surface area (Å²) < 4.78 is 5.30. The molecular weight excluding hydrogens is 248 g/mol. The largest absolute Gasteiger partial charge is 0.492 e. The first kappa shape index (κ1) is 14.8. The van der Waals surface area contributed by atoms with Crippen LogP contribution in [0.15, 0.2) is 0 Å². The minimum Gasteiger partial charge on any atom is -0.492 e. The number of Topliss-reactive ketones (excluding diaryl/α,β-unsaturated/α-hetero) is 1. The molecule has 5 heteroatoms. The van der Waals surface area contributed by atoms with Crippen LogP contribution in [0.25, 0.3) is 0 Å². The van der Waals surface area contributed by atoms with Gasteiger partial charge in [0.25, 0.3) is 0 Å². The molecule has 0 spiro atoms. The molecule has 3 N–H and O–H groups in total. The first-order valence-corrected chi connectivity index (χ1v) is 6.97. The lowest BCUT2D eigenvalue weighted by Gasteiger charge is -2.21. The number of rotatable bonds is 6. The summed E-state index contributed by atoms with van der Waals surface area (Å²) in [4.78, 5) is 12.0. The molecule has 0 aliphatic carbocycles. The van der Waals surface area contributed by atoms with Gasteiger partial charge in [-0.05, 0) is 12.3 Å². The highest BCUT2D eigenvalue weighted by Crippen LogP contribution is 2.43. The van der Waals surface area contributed by atoms with Gasteiger partial charge in [-0.2, -0.15) is 0 Å². The van der Waals surface area contributed by atoms with Crippen LogP contribution in [0, 0.1) is 5.92 Å². The maximum atomic E-state index is 11.5. The average Bonchev–Trinajstić information content (AvgIpc) is 2.62. The maximum absolute atomic E-state index is 11.5. The number of nitrogen functional groups attached to an aromatic ring is 1. The van der Waals surface area contributed by atoms with Crippen LogP contribution < -0.4 is 15.8 Å². The van der Waals surface area contributed by atoms with E-state index < -0.39 is 0 Å². The SMILES string of the molecule is CCC(Nc1sc(C(C)=O)c(N)c1OC)C(C)C. The number of anilines is 2. The van der Waals surface area contributed by atoms with E-state index in [-0.39, 0.29) is 5.78 Å². The molecule has 0 aromatic carbocycles. The van der Waals surface area contributed by atoms with Crippen LogP contribution in [0.1, 0.15) is 43.8 Å². The van der Waals surface area contributed by atoms with Gasteiger partial charge in [-0.25, -0.2) is 0 Å². The van der Waals surface area contributed by atoms with Gasteiger partial charge in [0.2, 0.25) is 0 Å². The molecule has 1 aromatic rings. The summed E-state index contributed by atoms with van der Waals surface area (Å²) >= 11 is 1.37. The number of hydrogen-bond acceptors (Lipinski definition) is 5. The molecule has 18 heavy (non-hydrogen) atoms. The third kappa shape index (κ3) is 2.96. The van der Waals surface area contributed by atoms with Gasteiger partial charge in [-0.1, -0.05) is 20.8 Å².